The molecule has 8 heteroatoms. The van der Waals surface area contributed by atoms with E-state index in [4.69, 9.17) is 9.47 Å². The summed E-state index contributed by atoms with van der Waals surface area (Å²) in [7, 11) is -1.18. The molecule has 0 saturated heterocycles. The van der Waals surface area contributed by atoms with Crippen LogP contribution in [-0.2, 0) is 22.7 Å². The molecule has 0 spiro atoms. The van der Waals surface area contributed by atoms with E-state index in [0.717, 1.165) is 18.8 Å². The maximum Gasteiger partial charge on any atom is 0.410 e. The molecule has 0 atom stereocenters. The Morgan fingerprint density at radius 1 is 1.33 bits per heavy atom. The number of nitrogens with zero attached hydrogens (tertiary/aromatic N) is 3. The zero-order valence-electron chi connectivity index (χ0n) is 17.9. The van der Waals surface area contributed by atoms with E-state index in [2.05, 4.69) is 24.6 Å². The second-order valence-electron chi connectivity index (χ2n) is 8.90. The molecule has 1 amide bonds. The zero-order chi connectivity index (χ0) is 20.7. The molecule has 1 heterocycles. The maximum absolute atomic E-state index is 12.5. The van der Waals surface area contributed by atoms with Gasteiger partial charge >= 0.3 is 6.09 Å². The number of imidazole rings is 1. The third-order valence-electron chi connectivity index (χ3n) is 3.78. The number of ether oxygens (including phenoxy) is 2. The second-order valence-corrected chi connectivity index (χ2v) is 14.5. The molecular weight excluding hydrogens is 362 g/mol. The van der Waals surface area contributed by atoms with Crippen LogP contribution in [0.4, 0.5) is 4.79 Å². The van der Waals surface area contributed by atoms with Crippen LogP contribution in [0.25, 0.3) is 0 Å². The van der Waals surface area contributed by atoms with E-state index in [-0.39, 0.29) is 19.4 Å². The van der Waals surface area contributed by atoms with Gasteiger partial charge in [-0.3, -0.25) is 9.36 Å². The van der Waals surface area contributed by atoms with Crippen molar-refractivity contribution in [2.75, 3.05) is 13.2 Å². The van der Waals surface area contributed by atoms with Crippen molar-refractivity contribution in [3.8, 4) is 0 Å². The van der Waals surface area contributed by atoms with Crippen LogP contribution in [0.15, 0.2) is 6.20 Å². The highest BCUT2D eigenvalue weighted by atomic mass is 28.3. The zero-order valence-corrected chi connectivity index (χ0v) is 18.9. The minimum Gasteiger partial charge on any atom is -0.444 e. The molecule has 154 valence electrons. The van der Waals surface area contributed by atoms with Gasteiger partial charge in [-0.1, -0.05) is 26.6 Å². The van der Waals surface area contributed by atoms with E-state index >= 15 is 0 Å². The van der Waals surface area contributed by atoms with Gasteiger partial charge in [0.2, 0.25) is 0 Å². The molecule has 0 bridgehead atoms. The lowest BCUT2D eigenvalue weighted by atomic mass is 10.2. The number of amides is 1. The van der Waals surface area contributed by atoms with Crippen LogP contribution < -0.4 is 0 Å². The molecular formula is C19H35N3O4Si. The Kier molecular flexibility index (Phi) is 8.68. The van der Waals surface area contributed by atoms with Gasteiger partial charge < -0.3 is 14.4 Å². The van der Waals surface area contributed by atoms with Gasteiger partial charge in [0.25, 0.3) is 0 Å². The van der Waals surface area contributed by atoms with E-state index in [9.17, 15) is 9.59 Å². The lowest BCUT2D eigenvalue weighted by molar-refractivity contribution is 0.0217. The van der Waals surface area contributed by atoms with Crippen LogP contribution >= 0.6 is 0 Å². The minimum absolute atomic E-state index is 0.252. The highest BCUT2D eigenvalue weighted by Gasteiger charge is 2.24. The Morgan fingerprint density at radius 2 is 2.00 bits per heavy atom. The van der Waals surface area contributed by atoms with Gasteiger partial charge in [-0.05, 0) is 33.2 Å². The first-order chi connectivity index (χ1) is 12.5. The summed E-state index contributed by atoms with van der Waals surface area (Å²) in [6, 6.07) is 1.05. The van der Waals surface area contributed by atoms with Gasteiger partial charge in [0.15, 0.2) is 6.29 Å². The fourth-order valence-electron chi connectivity index (χ4n) is 2.33. The molecule has 0 fully saturated rings. The van der Waals surface area contributed by atoms with Gasteiger partial charge in [0.05, 0.1) is 12.7 Å². The van der Waals surface area contributed by atoms with Crippen molar-refractivity contribution in [1.82, 2.24) is 14.5 Å². The van der Waals surface area contributed by atoms with Gasteiger partial charge in [-0.15, -0.1) is 0 Å². The Morgan fingerprint density at radius 3 is 2.52 bits per heavy atom. The summed E-state index contributed by atoms with van der Waals surface area (Å²) in [5.74, 6) is 0.615. The van der Waals surface area contributed by atoms with Crippen molar-refractivity contribution in [3.63, 3.8) is 0 Å². The fraction of sp³-hybridized carbons (Fsp3) is 0.737. The number of hydrogen-bond donors (Lipinski definition) is 0. The molecule has 1 aromatic heterocycles. The Hall–Kier alpha value is -1.67. The molecule has 0 N–H and O–H groups in total. The van der Waals surface area contributed by atoms with E-state index in [1.54, 1.807) is 9.47 Å². The van der Waals surface area contributed by atoms with Crippen LogP contribution in [0.3, 0.4) is 0 Å². The first-order valence-corrected chi connectivity index (χ1v) is 13.2. The molecule has 0 aliphatic rings. The van der Waals surface area contributed by atoms with Gasteiger partial charge in [-0.2, -0.15) is 0 Å². The summed E-state index contributed by atoms with van der Waals surface area (Å²) >= 11 is 0. The highest BCUT2D eigenvalue weighted by molar-refractivity contribution is 6.76. The summed E-state index contributed by atoms with van der Waals surface area (Å²) in [5.41, 5.74) is -0.120. The predicted octanol–water partition coefficient (Wildman–Crippen LogP) is 4.16. The Labute approximate surface area is 164 Å². The lowest BCUT2D eigenvalue weighted by Crippen LogP contribution is -2.37. The van der Waals surface area contributed by atoms with Crippen molar-refractivity contribution in [2.45, 2.75) is 78.7 Å². The van der Waals surface area contributed by atoms with Crippen molar-refractivity contribution in [1.29, 1.82) is 0 Å². The van der Waals surface area contributed by atoms with Crippen molar-refractivity contribution < 1.29 is 19.1 Å². The highest BCUT2D eigenvalue weighted by Crippen LogP contribution is 2.14. The summed E-state index contributed by atoms with van der Waals surface area (Å²) < 4.78 is 13.0. The molecule has 7 nitrogen and oxygen atoms in total. The van der Waals surface area contributed by atoms with Crippen molar-refractivity contribution in [3.05, 3.63) is 17.7 Å². The smallest absolute Gasteiger partial charge is 0.410 e. The topological polar surface area (TPSA) is 73.7 Å². The van der Waals surface area contributed by atoms with Crippen molar-refractivity contribution >= 4 is 20.5 Å². The van der Waals surface area contributed by atoms with E-state index in [1.807, 2.05) is 27.7 Å². The molecule has 0 saturated carbocycles. The first-order valence-electron chi connectivity index (χ1n) is 9.52. The average molecular weight is 398 g/mol. The van der Waals surface area contributed by atoms with Crippen LogP contribution in [0.2, 0.25) is 25.7 Å². The Balaban J connectivity index is 2.86. The molecule has 0 aliphatic heterocycles. The largest absolute Gasteiger partial charge is 0.444 e. The van der Waals surface area contributed by atoms with Gasteiger partial charge in [0, 0.05) is 21.2 Å². The normalized spacial score (nSPS) is 12.1. The molecule has 0 radical (unpaired) electrons. The summed E-state index contributed by atoms with van der Waals surface area (Å²) in [5, 5.41) is 0. The summed E-state index contributed by atoms with van der Waals surface area (Å²) in [4.78, 5) is 29.8. The summed E-state index contributed by atoms with van der Waals surface area (Å²) in [6.45, 7) is 16.1. The molecule has 27 heavy (non-hydrogen) atoms. The molecule has 0 aliphatic carbocycles. The lowest BCUT2D eigenvalue weighted by Gasteiger charge is -2.27. The SMILES string of the molecule is CCCN(Cc1ncc(C=O)n1COCC[Si](C)(C)C)C(=O)OC(C)(C)C. The van der Waals surface area contributed by atoms with E-state index < -0.39 is 13.7 Å². The second kappa shape index (κ2) is 10.0. The third-order valence-corrected chi connectivity index (χ3v) is 5.49. The molecule has 0 aromatic carbocycles. The molecule has 1 rings (SSSR count). The number of carbonyl (C=O) groups excluding carboxylic acids is 2. The predicted molar refractivity (Wildman–Crippen MR) is 109 cm³/mol. The first kappa shape index (κ1) is 23.4. The number of hydrogen-bond acceptors (Lipinski definition) is 5. The monoisotopic (exact) mass is 397 g/mol. The third kappa shape index (κ3) is 8.70. The molecule has 0 unspecified atom stereocenters. The van der Waals surface area contributed by atoms with Gasteiger partial charge in [0.1, 0.15) is 23.9 Å². The van der Waals surface area contributed by atoms with E-state index in [1.165, 1.54) is 6.20 Å². The fourth-order valence-corrected chi connectivity index (χ4v) is 3.09. The summed E-state index contributed by atoms with van der Waals surface area (Å²) in [6.07, 6.45) is 2.69. The number of aldehydes is 1. The number of rotatable bonds is 10. The number of carbonyl (C=O) groups is 2. The Bertz CT molecular complexity index is 617. The average Bonchev–Trinajstić information content (AvgIpc) is 2.90. The quantitative estimate of drug-likeness (QED) is 0.337. The maximum atomic E-state index is 12.5. The minimum atomic E-state index is -1.18. The van der Waals surface area contributed by atoms with E-state index in [0.29, 0.717) is 24.7 Å². The van der Waals surface area contributed by atoms with Crippen molar-refractivity contribution in [2.24, 2.45) is 0 Å². The van der Waals surface area contributed by atoms with Crippen LogP contribution in [0, 0.1) is 0 Å². The van der Waals surface area contributed by atoms with Crippen LogP contribution in [0.1, 0.15) is 50.4 Å². The van der Waals surface area contributed by atoms with Gasteiger partial charge in [-0.25, -0.2) is 9.78 Å². The number of aromatic nitrogens is 2. The standard InChI is InChI=1S/C19H35N3O4Si/c1-8-9-21(18(24)26-19(2,3)4)13-17-20-12-16(14-23)22(17)15-25-10-11-27(5,6)7/h12,14H,8-11,13,15H2,1-7H3. The molecule has 1 aromatic rings. The van der Waals surface area contributed by atoms with Crippen LogP contribution in [0.5, 0.6) is 0 Å². The van der Waals surface area contributed by atoms with Crippen LogP contribution in [-0.4, -0.2) is 53.7 Å².